The molecule has 0 bridgehead atoms. The first kappa shape index (κ1) is 24.5. The summed E-state index contributed by atoms with van der Waals surface area (Å²) in [7, 11) is 0. The number of fused-ring (bicyclic) bond motifs is 1. The minimum atomic E-state index is -0.175. The standard InChI is InChI=1S/C27H42N6O2/c1-3-4-18(2)30-27-29-16-23-24(17-33(25(23)31-27)21-5-7-22(34)8-6-21)19-10-13-32(14-11-19)26(35)20-9-12-28-15-20/h16-22,28,34H,3-15H2,1-2H3,(H,29,30,31)/t18-,20-,21?,22?/m0/s1. The van der Waals surface area contributed by atoms with Gasteiger partial charge in [0.25, 0.3) is 0 Å². The summed E-state index contributed by atoms with van der Waals surface area (Å²) in [6.07, 6.45) is 13.0. The average Bonchev–Trinajstić information content (AvgIpc) is 3.53. The molecule has 2 saturated heterocycles. The third-order valence-electron chi connectivity index (χ3n) is 8.42. The van der Waals surface area contributed by atoms with Crippen LogP contribution in [0, 0.1) is 5.92 Å². The summed E-state index contributed by atoms with van der Waals surface area (Å²) in [5, 5.41) is 18.0. The van der Waals surface area contributed by atoms with Gasteiger partial charge in [-0.3, -0.25) is 4.79 Å². The summed E-state index contributed by atoms with van der Waals surface area (Å²) in [5.41, 5.74) is 2.34. The molecule has 2 aromatic heterocycles. The van der Waals surface area contributed by atoms with Crippen LogP contribution in [0.4, 0.5) is 5.95 Å². The van der Waals surface area contributed by atoms with Crippen LogP contribution >= 0.6 is 0 Å². The summed E-state index contributed by atoms with van der Waals surface area (Å²) in [4.78, 5) is 24.7. The van der Waals surface area contributed by atoms with Crippen LogP contribution < -0.4 is 10.6 Å². The Morgan fingerprint density at radius 3 is 2.66 bits per heavy atom. The van der Waals surface area contributed by atoms with Gasteiger partial charge in [0.05, 0.1) is 12.0 Å². The van der Waals surface area contributed by atoms with Crippen molar-refractivity contribution >= 4 is 22.9 Å². The number of nitrogens with zero attached hydrogens (tertiary/aromatic N) is 4. The van der Waals surface area contributed by atoms with Crippen molar-refractivity contribution in [3.8, 4) is 0 Å². The number of nitrogens with one attached hydrogen (secondary N) is 2. The van der Waals surface area contributed by atoms with Crippen molar-refractivity contribution in [2.24, 2.45) is 5.92 Å². The van der Waals surface area contributed by atoms with Crippen molar-refractivity contribution in [1.29, 1.82) is 0 Å². The number of hydrogen-bond donors (Lipinski definition) is 3. The highest BCUT2D eigenvalue weighted by molar-refractivity contribution is 5.82. The van der Waals surface area contributed by atoms with Crippen LogP contribution in [0.3, 0.4) is 0 Å². The number of anilines is 1. The lowest BCUT2D eigenvalue weighted by atomic mass is 9.89. The molecule has 1 amide bonds. The lowest BCUT2D eigenvalue weighted by Crippen LogP contribution is -2.41. The second-order valence-corrected chi connectivity index (χ2v) is 11.0. The minimum Gasteiger partial charge on any atom is -0.393 e. The van der Waals surface area contributed by atoms with E-state index in [1.807, 2.05) is 6.20 Å². The molecule has 8 heteroatoms. The van der Waals surface area contributed by atoms with Gasteiger partial charge in [-0.05, 0) is 76.3 Å². The first-order chi connectivity index (χ1) is 17.0. The zero-order valence-electron chi connectivity index (χ0n) is 21.4. The lowest BCUT2D eigenvalue weighted by Gasteiger charge is -2.33. The molecule has 0 aromatic carbocycles. The molecule has 8 nitrogen and oxygen atoms in total. The molecule has 1 saturated carbocycles. The molecule has 0 unspecified atom stereocenters. The molecule has 2 aliphatic heterocycles. The van der Waals surface area contributed by atoms with Gasteiger partial charge in [0, 0.05) is 49.5 Å². The van der Waals surface area contributed by atoms with Crippen molar-refractivity contribution in [3.05, 3.63) is 18.0 Å². The van der Waals surface area contributed by atoms with E-state index in [4.69, 9.17) is 9.97 Å². The minimum absolute atomic E-state index is 0.157. The Morgan fingerprint density at radius 1 is 1.20 bits per heavy atom. The topological polar surface area (TPSA) is 95.3 Å². The number of aliphatic hydroxyl groups excluding tert-OH is 1. The smallest absolute Gasteiger partial charge is 0.227 e. The fraction of sp³-hybridized carbons (Fsp3) is 0.741. The fourth-order valence-corrected chi connectivity index (χ4v) is 6.32. The van der Waals surface area contributed by atoms with E-state index in [1.54, 1.807) is 0 Å². The van der Waals surface area contributed by atoms with Crippen LogP contribution in [0.2, 0.25) is 0 Å². The quantitative estimate of drug-likeness (QED) is 0.555. The van der Waals surface area contributed by atoms with Crippen molar-refractivity contribution in [3.63, 3.8) is 0 Å². The molecule has 35 heavy (non-hydrogen) atoms. The highest BCUT2D eigenvalue weighted by atomic mass is 16.3. The number of piperidine rings is 1. The Morgan fingerprint density at radius 2 is 1.97 bits per heavy atom. The summed E-state index contributed by atoms with van der Waals surface area (Å²) < 4.78 is 2.37. The van der Waals surface area contributed by atoms with Gasteiger partial charge in [0.15, 0.2) is 0 Å². The van der Waals surface area contributed by atoms with Gasteiger partial charge in [-0.25, -0.2) is 4.98 Å². The number of amides is 1. The molecular formula is C27H42N6O2. The van der Waals surface area contributed by atoms with E-state index in [2.05, 4.69) is 40.1 Å². The Bertz CT molecular complexity index is 1000. The predicted octanol–water partition coefficient (Wildman–Crippen LogP) is 3.82. The number of rotatable bonds is 7. The molecule has 3 N–H and O–H groups in total. The highest BCUT2D eigenvalue weighted by Crippen LogP contribution is 2.38. The molecule has 2 aromatic rings. The first-order valence-electron chi connectivity index (χ1n) is 13.8. The van der Waals surface area contributed by atoms with Crippen molar-refractivity contribution in [1.82, 2.24) is 24.8 Å². The van der Waals surface area contributed by atoms with Gasteiger partial charge >= 0.3 is 0 Å². The van der Waals surface area contributed by atoms with E-state index in [-0.39, 0.29) is 12.0 Å². The summed E-state index contributed by atoms with van der Waals surface area (Å²) in [6.45, 7) is 7.82. The number of aliphatic hydroxyl groups is 1. The largest absolute Gasteiger partial charge is 0.393 e. The van der Waals surface area contributed by atoms with E-state index in [9.17, 15) is 9.90 Å². The van der Waals surface area contributed by atoms with E-state index < -0.39 is 0 Å². The normalized spacial score (nSPS) is 26.8. The number of carbonyl (C=O) groups is 1. The van der Waals surface area contributed by atoms with Gasteiger partial charge in [-0.2, -0.15) is 4.98 Å². The van der Waals surface area contributed by atoms with Crippen LogP contribution in [0.25, 0.3) is 11.0 Å². The first-order valence-corrected chi connectivity index (χ1v) is 13.8. The fourth-order valence-electron chi connectivity index (χ4n) is 6.32. The number of likely N-dealkylation sites (tertiary alicyclic amines) is 1. The Labute approximate surface area is 208 Å². The van der Waals surface area contributed by atoms with Gasteiger partial charge in [-0.15, -0.1) is 0 Å². The van der Waals surface area contributed by atoms with Crippen molar-refractivity contribution in [2.45, 2.75) is 95.7 Å². The third kappa shape index (κ3) is 5.33. The van der Waals surface area contributed by atoms with E-state index >= 15 is 0 Å². The zero-order chi connectivity index (χ0) is 24.4. The van der Waals surface area contributed by atoms with Gasteiger partial charge in [0.2, 0.25) is 11.9 Å². The maximum Gasteiger partial charge on any atom is 0.227 e. The average molecular weight is 483 g/mol. The summed E-state index contributed by atoms with van der Waals surface area (Å²) >= 11 is 0. The highest BCUT2D eigenvalue weighted by Gasteiger charge is 2.32. The van der Waals surface area contributed by atoms with Crippen LogP contribution in [-0.2, 0) is 4.79 Å². The van der Waals surface area contributed by atoms with Crippen LogP contribution in [0.15, 0.2) is 12.4 Å². The molecule has 3 fully saturated rings. The molecule has 2 atom stereocenters. The van der Waals surface area contributed by atoms with Gasteiger partial charge in [0.1, 0.15) is 5.65 Å². The maximum absolute atomic E-state index is 12.9. The molecule has 1 aliphatic carbocycles. The summed E-state index contributed by atoms with van der Waals surface area (Å²) in [6, 6.07) is 0.698. The van der Waals surface area contributed by atoms with E-state index in [0.29, 0.717) is 29.9 Å². The Balaban J connectivity index is 1.38. The monoisotopic (exact) mass is 482 g/mol. The van der Waals surface area contributed by atoms with E-state index in [0.717, 1.165) is 95.0 Å². The molecule has 5 rings (SSSR count). The zero-order valence-corrected chi connectivity index (χ0v) is 21.4. The molecule has 0 spiro atoms. The number of hydrogen-bond acceptors (Lipinski definition) is 6. The lowest BCUT2D eigenvalue weighted by molar-refractivity contribution is -0.136. The SMILES string of the molecule is CCC[C@H](C)Nc1ncc2c(C3CCN(C(=O)[C@H]4CCNC4)CC3)cn(C3CCC(O)CC3)c2n1. The van der Waals surface area contributed by atoms with Crippen LogP contribution in [0.1, 0.15) is 89.2 Å². The van der Waals surface area contributed by atoms with E-state index in [1.165, 1.54) is 5.56 Å². The Hall–Kier alpha value is -2.19. The molecular weight excluding hydrogens is 440 g/mol. The van der Waals surface area contributed by atoms with Crippen LogP contribution in [-0.4, -0.2) is 68.8 Å². The van der Waals surface area contributed by atoms with Gasteiger partial charge in [-0.1, -0.05) is 13.3 Å². The second kappa shape index (κ2) is 10.8. The molecule has 192 valence electrons. The third-order valence-corrected chi connectivity index (χ3v) is 8.42. The number of carbonyl (C=O) groups excluding carboxylic acids is 1. The van der Waals surface area contributed by atoms with Crippen molar-refractivity contribution in [2.75, 3.05) is 31.5 Å². The molecule has 0 radical (unpaired) electrons. The Kier molecular flexibility index (Phi) is 7.58. The molecule has 4 heterocycles. The second-order valence-electron chi connectivity index (χ2n) is 11.0. The van der Waals surface area contributed by atoms with Gasteiger partial charge < -0.3 is 25.2 Å². The maximum atomic E-state index is 12.9. The van der Waals surface area contributed by atoms with Crippen molar-refractivity contribution < 1.29 is 9.90 Å². The summed E-state index contributed by atoms with van der Waals surface area (Å²) in [5.74, 6) is 1.60. The van der Waals surface area contributed by atoms with Crippen LogP contribution in [0.5, 0.6) is 0 Å². The molecule has 3 aliphatic rings. The predicted molar refractivity (Wildman–Crippen MR) is 139 cm³/mol. The number of aromatic nitrogens is 3.